The molecule has 0 bridgehead atoms. The summed E-state index contributed by atoms with van der Waals surface area (Å²) >= 11 is 13.9. The molecule has 0 radical (unpaired) electrons. The molecule has 2 amide bonds. The number of carbonyl (C=O) groups is 2. The third kappa shape index (κ3) is 3.40. The van der Waals surface area contributed by atoms with Crippen molar-refractivity contribution >= 4 is 52.5 Å². The Labute approximate surface area is 201 Å². The van der Waals surface area contributed by atoms with E-state index in [-0.39, 0.29) is 11.8 Å². The third-order valence-corrected chi connectivity index (χ3v) is 7.86. The maximum absolute atomic E-state index is 14.0. The molecule has 0 unspecified atom stereocenters. The molecule has 4 nitrogen and oxygen atoms in total. The number of rotatable bonds is 3. The lowest BCUT2D eigenvalue weighted by molar-refractivity contribution is -0.123. The van der Waals surface area contributed by atoms with Gasteiger partial charge in [-0.25, -0.2) is 0 Å². The van der Waals surface area contributed by atoms with Crippen molar-refractivity contribution in [3.63, 3.8) is 0 Å². The highest BCUT2D eigenvalue weighted by atomic mass is 35.5. The first-order valence-corrected chi connectivity index (χ1v) is 12.0. The monoisotopic (exact) mass is 482 g/mol. The normalized spacial score (nSPS) is 19.7. The molecule has 3 aromatic rings. The standard InChI is InChI=1S/C25H20Cl2N2O2S/c1-16-2-4-17(5-3-16)15-28-22-11-10-20(27)14-21(22)25(24(28)31)29(12-13-32-25)23(30)18-6-8-19(26)9-7-18/h2-11,14H,12-13,15H2,1H3/t25-/m0/s1. The van der Waals surface area contributed by atoms with Gasteiger partial charge in [-0.15, -0.1) is 11.8 Å². The highest BCUT2D eigenvalue weighted by molar-refractivity contribution is 8.01. The van der Waals surface area contributed by atoms with Crippen LogP contribution < -0.4 is 4.90 Å². The zero-order valence-corrected chi connectivity index (χ0v) is 19.7. The van der Waals surface area contributed by atoms with Crippen molar-refractivity contribution < 1.29 is 9.59 Å². The number of aryl methyl sites for hydroxylation is 1. The Morgan fingerprint density at radius 1 is 1.00 bits per heavy atom. The summed E-state index contributed by atoms with van der Waals surface area (Å²) < 4.78 is 0. The molecule has 0 aliphatic carbocycles. The van der Waals surface area contributed by atoms with E-state index in [1.165, 1.54) is 11.8 Å². The van der Waals surface area contributed by atoms with Crippen LogP contribution in [0.25, 0.3) is 0 Å². The second-order valence-electron chi connectivity index (χ2n) is 7.99. The van der Waals surface area contributed by atoms with Crippen LogP contribution in [0.15, 0.2) is 66.7 Å². The Bertz CT molecular complexity index is 1210. The maximum Gasteiger partial charge on any atom is 0.268 e. The number of halogens is 2. The quantitative estimate of drug-likeness (QED) is 0.467. The molecule has 5 rings (SSSR count). The van der Waals surface area contributed by atoms with Gasteiger partial charge in [0.15, 0.2) is 4.87 Å². The van der Waals surface area contributed by atoms with Crippen LogP contribution >= 0.6 is 35.0 Å². The van der Waals surface area contributed by atoms with Crippen LogP contribution in [0, 0.1) is 6.92 Å². The van der Waals surface area contributed by atoms with Crippen molar-refractivity contribution in [2.24, 2.45) is 0 Å². The number of nitrogens with zero attached hydrogens (tertiary/aromatic N) is 2. The summed E-state index contributed by atoms with van der Waals surface area (Å²) in [6.45, 7) is 2.94. The molecule has 0 N–H and O–H groups in total. The summed E-state index contributed by atoms with van der Waals surface area (Å²) in [5.41, 5.74) is 4.26. The molecule has 162 valence electrons. The van der Waals surface area contributed by atoms with Crippen molar-refractivity contribution in [2.45, 2.75) is 18.3 Å². The average Bonchev–Trinajstić information content (AvgIpc) is 3.32. The number of anilines is 1. The van der Waals surface area contributed by atoms with Gasteiger partial charge in [-0.3, -0.25) is 9.59 Å². The number of benzene rings is 3. The van der Waals surface area contributed by atoms with E-state index in [0.717, 1.165) is 22.4 Å². The van der Waals surface area contributed by atoms with Crippen LogP contribution in [0.5, 0.6) is 0 Å². The highest BCUT2D eigenvalue weighted by Gasteiger charge is 2.59. The molecule has 1 spiro atoms. The second-order valence-corrected chi connectivity index (χ2v) is 10.2. The number of amides is 2. The first kappa shape index (κ1) is 21.4. The largest absolute Gasteiger partial charge is 0.311 e. The number of hydrogen-bond donors (Lipinski definition) is 0. The fourth-order valence-electron chi connectivity index (χ4n) is 4.37. The van der Waals surface area contributed by atoms with Gasteiger partial charge in [0, 0.05) is 33.5 Å². The molecule has 1 fully saturated rings. The van der Waals surface area contributed by atoms with Crippen molar-refractivity contribution in [3.05, 3.63) is 99.0 Å². The molecular weight excluding hydrogens is 463 g/mol. The van der Waals surface area contributed by atoms with Gasteiger partial charge in [-0.05, 0) is 55.0 Å². The SMILES string of the molecule is Cc1ccc(CN2C(=O)[C@@]3(SCCN3C(=O)c3ccc(Cl)cc3)c3cc(Cl)ccc32)cc1. The Morgan fingerprint density at radius 3 is 2.41 bits per heavy atom. The van der Waals surface area contributed by atoms with E-state index in [4.69, 9.17) is 23.2 Å². The molecule has 1 saturated heterocycles. The molecule has 0 saturated carbocycles. The van der Waals surface area contributed by atoms with Crippen LogP contribution in [0.2, 0.25) is 10.0 Å². The van der Waals surface area contributed by atoms with E-state index in [0.29, 0.717) is 34.5 Å². The smallest absolute Gasteiger partial charge is 0.268 e. The predicted octanol–water partition coefficient (Wildman–Crippen LogP) is 5.89. The van der Waals surface area contributed by atoms with Gasteiger partial charge in [-0.2, -0.15) is 0 Å². The fourth-order valence-corrected chi connectivity index (χ4v) is 6.12. The molecule has 1 atom stereocenters. The van der Waals surface area contributed by atoms with E-state index < -0.39 is 4.87 Å². The van der Waals surface area contributed by atoms with Gasteiger partial charge in [-0.1, -0.05) is 53.0 Å². The first-order valence-electron chi connectivity index (χ1n) is 10.3. The Morgan fingerprint density at radius 2 is 1.69 bits per heavy atom. The minimum Gasteiger partial charge on any atom is -0.311 e. The lowest BCUT2D eigenvalue weighted by atomic mass is 10.0. The second kappa shape index (κ2) is 8.14. The molecule has 2 aliphatic heterocycles. The van der Waals surface area contributed by atoms with Gasteiger partial charge in [0.1, 0.15) is 0 Å². The van der Waals surface area contributed by atoms with Crippen LogP contribution in [-0.2, 0) is 16.2 Å². The van der Waals surface area contributed by atoms with Crippen molar-refractivity contribution in [1.29, 1.82) is 0 Å². The summed E-state index contributed by atoms with van der Waals surface area (Å²) in [5, 5.41) is 1.10. The highest BCUT2D eigenvalue weighted by Crippen LogP contribution is 2.55. The van der Waals surface area contributed by atoms with Crippen molar-refractivity contribution in [1.82, 2.24) is 4.90 Å². The van der Waals surface area contributed by atoms with Crippen LogP contribution in [0.4, 0.5) is 5.69 Å². The van der Waals surface area contributed by atoms with Crippen LogP contribution in [0.3, 0.4) is 0 Å². The van der Waals surface area contributed by atoms with Gasteiger partial charge in [0.05, 0.1) is 12.2 Å². The summed E-state index contributed by atoms with van der Waals surface area (Å²) in [7, 11) is 0. The van der Waals surface area contributed by atoms with E-state index in [1.54, 1.807) is 40.1 Å². The number of carbonyl (C=O) groups excluding carboxylic acids is 2. The Kier molecular flexibility index (Phi) is 5.44. The Balaban J connectivity index is 1.58. The maximum atomic E-state index is 14.0. The van der Waals surface area contributed by atoms with E-state index in [9.17, 15) is 9.59 Å². The molecule has 7 heteroatoms. The zero-order valence-electron chi connectivity index (χ0n) is 17.3. The zero-order chi connectivity index (χ0) is 22.5. The van der Waals surface area contributed by atoms with Gasteiger partial charge in [0.2, 0.25) is 0 Å². The van der Waals surface area contributed by atoms with E-state index >= 15 is 0 Å². The topological polar surface area (TPSA) is 40.6 Å². The fraction of sp³-hybridized carbons (Fsp3) is 0.200. The van der Waals surface area contributed by atoms with E-state index in [1.807, 2.05) is 43.3 Å². The van der Waals surface area contributed by atoms with Crippen molar-refractivity contribution in [2.75, 3.05) is 17.2 Å². The lowest BCUT2D eigenvalue weighted by Gasteiger charge is -2.33. The molecule has 32 heavy (non-hydrogen) atoms. The predicted molar refractivity (Wildman–Crippen MR) is 130 cm³/mol. The molecule has 2 aliphatic rings. The molecular formula is C25H20Cl2N2O2S. The number of hydrogen-bond acceptors (Lipinski definition) is 3. The summed E-state index contributed by atoms with van der Waals surface area (Å²) in [4.78, 5) is 29.9. The Hall–Kier alpha value is -2.47. The molecule has 3 aromatic carbocycles. The summed E-state index contributed by atoms with van der Waals surface area (Å²) in [6.07, 6.45) is 0. The number of fused-ring (bicyclic) bond motifs is 2. The third-order valence-electron chi connectivity index (χ3n) is 5.95. The molecule has 0 aromatic heterocycles. The van der Waals surface area contributed by atoms with Gasteiger partial charge in [0.25, 0.3) is 11.8 Å². The van der Waals surface area contributed by atoms with Gasteiger partial charge < -0.3 is 9.80 Å². The summed E-state index contributed by atoms with van der Waals surface area (Å²) in [6, 6.07) is 20.4. The minimum absolute atomic E-state index is 0.111. The average molecular weight is 483 g/mol. The van der Waals surface area contributed by atoms with Crippen molar-refractivity contribution in [3.8, 4) is 0 Å². The molecule has 2 heterocycles. The van der Waals surface area contributed by atoms with Crippen LogP contribution in [0.1, 0.15) is 27.0 Å². The number of thioether (sulfide) groups is 1. The van der Waals surface area contributed by atoms with Gasteiger partial charge >= 0.3 is 0 Å². The minimum atomic E-state index is -1.12. The summed E-state index contributed by atoms with van der Waals surface area (Å²) in [5.74, 6) is 0.360. The lowest BCUT2D eigenvalue weighted by Crippen LogP contribution is -2.50. The van der Waals surface area contributed by atoms with Crippen LogP contribution in [-0.4, -0.2) is 29.0 Å². The first-order chi connectivity index (χ1) is 15.4. The van der Waals surface area contributed by atoms with E-state index in [2.05, 4.69) is 0 Å².